The quantitative estimate of drug-likeness (QED) is 0.432. The van der Waals surface area contributed by atoms with Gasteiger partial charge in [-0.05, 0) is 42.0 Å². The second kappa shape index (κ2) is 7.75. The number of halogens is 1. The van der Waals surface area contributed by atoms with Crippen LogP contribution >= 0.6 is 23.4 Å². The van der Waals surface area contributed by atoms with E-state index < -0.39 is 12.2 Å². The highest BCUT2D eigenvalue weighted by atomic mass is 35.5. The summed E-state index contributed by atoms with van der Waals surface area (Å²) in [4.78, 5) is 13.3. The van der Waals surface area contributed by atoms with Crippen LogP contribution in [0.15, 0.2) is 30.6 Å². The highest BCUT2D eigenvalue weighted by molar-refractivity contribution is 7.99. The Bertz CT molecular complexity index is 1040. The van der Waals surface area contributed by atoms with Crippen LogP contribution in [-0.4, -0.2) is 47.7 Å². The van der Waals surface area contributed by atoms with E-state index >= 15 is 0 Å². The summed E-state index contributed by atoms with van der Waals surface area (Å²) in [5, 5.41) is 23.6. The lowest BCUT2D eigenvalue weighted by Gasteiger charge is -2.20. The van der Waals surface area contributed by atoms with Crippen molar-refractivity contribution in [3.05, 3.63) is 47.0 Å². The van der Waals surface area contributed by atoms with Crippen LogP contribution in [0.5, 0.6) is 0 Å². The van der Waals surface area contributed by atoms with Crippen LogP contribution in [0.1, 0.15) is 41.8 Å². The third kappa shape index (κ3) is 3.48. The molecule has 0 radical (unpaired) electrons. The van der Waals surface area contributed by atoms with E-state index in [1.807, 2.05) is 0 Å². The lowest BCUT2D eigenvalue weighted by molar-refractivity contribution is 0.0313. The minimum atomic E-state index is -0.878. The first-order chi connectivity index (χ1) is 14.1. The van der Waals surface area contributed by atoms with Gasteiger partial charge in [0.25, 0.3) is 0 Å². The number of anilines is 1. The number of nitrogens with zero attached hydrogens (tertiary/aromatic N) is 4. The number of rotatable bonds is 3. The van der Waals surface area contributed by atoms with Crippen molar-refractivity contribution in [2.24, 2.45) is 0 Å². The Kier molecular flexibility index (Phi) is 5.11. The van der Waals surface area contributed by atoms with Crippen LogP contribution in [0, 0.1) is 0 Å². The third-order valence-corrected chi connectivity index (χ3v) is 7.27. The molecule has 2 aliphatic rings. The van der Waals surface area contributed by atoms with Crippen molar-refractivity contribution >= 4 is 40.3 Å². The first-order valence-electron chi connectivity index (χ1n) is 9.84. The topological polar surface area (TPSA) is 96.1 Å². The van der Waals surface area contributed by atoms with E-state index in [0.29, 0.717) is 22.7 Å². The van der Waals surface area contributed by atoms with Gasteiger partial charge < -0.3 is 15.5 Å². The standard InChI is InChI=1S/C20H22ClN5O2S/c21-20-24-17(23-13-8-4-2-6-11-5-1-3-7-12(11)13)15-18(25-20)26(10-22-15)19-16(28)14(27)9-29-19/h1,3,5,7,10,13-14,16,19,27-28H,2,4,6,8-9H2,(H,23,24,25)/t13?,14-,16-,19-/m1/s1. The van der Waals surface area contributed by atoms with E-state index in [1.165, 1.54) is 29.3 Å². The second-order valence-electron chi connectivity index (χ2n) is 7.59. The normalized spacial score (nSPS) is 27.0. The van der Waals surface area contributed by atoms with Gasteiger partial charge in [0.1, 0.15) is 11.5 Å². The monoisotopic (exact) mass is 431 g/mol. The molecule has 1 unspecified atom stereocenters. The third-order valence-electron chi connectivity index (χ3n) is 5.72. The maximum absolute atomic E-state index is 10.3. The number of aromatic nitrogens is 4. The molecule has 1 aliphatic heterocycles. The molecule has 3 aromatic rings. The Hall–Kier alpha value is -1.87. The molecule has 0 spiro atoms. The summed E-state index contributed by atoms with van der Waals surface area (Å²) in [5.41, 5.74) is 3.83. The number of aryl methyl sites for hydroxylation is 1. The van der Waals surface area contributed by atoms with E-state index in [4.69, 9.17) is 11.6 Å². The maximum atomic E-state index is 10.3. The molecule has 3 N–H and O–H groups in total. The lowest BCUT2D eigenvalue weighted by atomic mass is 9.99. The van der Waals surface area contributed by atoms with Crippen LogP contribution in [0.25, 0.3) is 11.2 Å². The summed E-state index contributed by atoms with van der Waals surface area (Å²) >= 11 is 7.72. The van der Waals surface area contributed by atoms with Gasteiger partial charge in [0.15, 0.2) is 17.0 Å². The fraction of sp³-hybridized carbons (Fsp3) is 0.450. The Labute approximate surface area is 177 Å². The number of imidazole rings is 1. The number of aliphatic hydroxyl groups is 2. The molecule has 0 bridgehead atoms. The molecule has 152 valence electrons. The zero-order valence-electron chi connectivity index (χ0n) is 15.7. The first-order valence-corrected chi connectivity index (χ1v) is 11.3. The molecule has 4 atom stereocenters. The van der Waals surface area contributed by atoms with Crippen molar-refractivity contribution < 1.29 is 10.2 Å². The molecule has 0 saturated carbocycles. The van der Waals surface area contributed by atoms with E-state index in [2.05, 4.69) is 44.5 Å². The largest absolute Gasteiger partial charge is 0.389 e. The molecule has 1 fully saturated rings. The summed E-state index contributed by atoms with van der Waals surface area (Å²) in [5.74, 6) is 1.06. The minimum absolute atomic E-state index is 0.126. The fourth-order valence-corrected chi connectivity index (χ4v) is 5.69. The van der Waals surface area contributed by atoms with Crippen molar-refractivity contribution in [1.29, 1.82) is 0 Å². The van der Waals surface area contributed by atoms with Gasteiger partial charge in [0.2, 0.25) is 5.28 Å². The summed E-state index contributed by atoms with van der Waals surface area (Å²) in [6, 6.07) is 8.64. The zero-order chi connectivity index (χ0) is 20.0. The number of benzene rings is 1. The van der Waals surface area contributed by atoms with Gasteiger partial charge in [-0.15, -0.1) is 11.8 Å². The number of nitrogens with one attached hydrogen (secondary N) is 1. The molecule has 3 heterocycles. The molecular formula is C20H22ClN5O2S. The van der Waals surface area contributed by atoms with Crippen LogP contribution in [0.3, 0.4) is 0 Å². The number of hydrogen-bond donors (Lipinski definition) is 3. The predicted octanol–water partition coefficient (Wildman–Crippen LogP) is 3.33. The fourth-order valence-electron chi connectivity index (χ4n) is 4.24. The summed E-state index contributed by atoms with van der Waals surface area (Å²) in [7, 11) is 0. The van der Waals surface area contributed by atoms with Crippen molar-refractivity contribution in [3.63, 3.8) is 0 Å². The van der Waals surface area contributed by atoms with Gasteiger partial charge >= 0.3 is 0 Å². The summed E-state index contributed by atoms with van der Waals surface area (Å²) in [6.45, 7) is 0. The van der Waals surface area contributed by atoms with Gasteiger partial charge in [-0.25, -0.2) is 4.98 Å². The van der Waals surface area contributed by atoms with Crippen molar-refractivity contribution in [1.82, 2.24) is 19.5 Å². The average molecular weight is 432 g/mol. The molecule has 7 nitrogen and oxygen atoms in total. The second-order valence-corrected chi connectivity index (χ2v) is 9.08. The Morgan fingerprint density at radius 3 is 2.86 bits per heavy atom. The number of aliphatic hydroxyl groups excluding tert-OH is 2. The molecule has 9 heteroatoms. The maximum Gasteiger partial charge on any atom is 0.226 e. The van der Waals surface area contributed by atoms with Gasteiger partial charge in [-0.2, -0.15) is 9.97 Å². The van der Waals surface area contributed by atoms with Crippen LogP contribution in [-0.2, 0) is 6.42 Å². The molecule has 1 aliphatic carbocycles. The van der Waals surface area contributed by atoms with Gasteiger partial charge in [0, 0.05) is 5.75 Å². The van der Waals surface area contributed by atoms with Crippen LogP contribution in [0.2, 0.25) is 5.28 Å². The zero-order valence-corrected chi connectivity index (χ0v) is 17.3. The molecule has 1 saturated heterocycles. The van der Waals surface area contributed by atoms with E-state index in [-0.39, 0.29) is 16.7 Å². The van der Waals surface area contributed by atoms with Crippen molar-refractivity contribution in [2.45, 2.75) is 49.3 Å². The first kappa shape index (κ1) is 19.1. The average Bonchev–Trinajstić information content (AvgIpc) is 3.20. The molecule has 2 aromatic heterocycles. The lowest BCUT2D eigenvalue weighted by Crippen LogP contribution is -2.27. The number of thioether (sulfide) groups is 1. The Morgan fingerprint density at radius 2 is 2.03 bits per heavy atom. The number of hydrogen-bond acceptors (Lipinski definition) is 7. The molecule has 0 amide bonds. The predicted molar refractivity (Wildman–Crippen MR) is 114 cm³/mol. The highest BCUT2D eigenvalue weighted by Crippen LogP contribution is 2.39. The number of fused-ring (bicyclic) bond motifs is 2. The van der Waals surface area contributed by atoms with Crippen LogP contribution in [0.4, 0.5) is 5.82 Å². The smallest absolute Gasteiger partial charge is 0.226 e. The Balaban J connectivity index is 1.53. The molecular weight excluding hydrogens is 410 g/mol. The SMILES string of the molecule is O[C@@H]1[C@H](O)CS[C@H]1n1cnc2c(NC3CCCCc4ccccc43)nc(Cl)nc21. The molecule has 1 aromatic carbocycles. The van der Waals surface area contributed by atoms with Crippen molar-refractivity contribution in [2.75, 3.05) is 11.1 Å². The van der Waals surface area contributed by atoms with E-state index in [9.17, 15) is 10.2 Å². The van der Waals surface area contributed by atoms with E-state index in [0.717, 1.165) is 19.3 Å². The minimum Gasteiger partial charge on any atom is -0.389 e. The molecule has 5 rings (SSSR count). The Morgan fingerprint density at radius 1 is 1.17 bits per heavy atom. The summed E-state index contributed by atoms with van der Waals surface area (Å²) in [6.07, 6.45) is 4.39. The van der Waals surface area contributed by atoms with E-state index in [1.54, 1.807) is 10.9 Å². The van der Waals surface area contributed by atoms with Crippen LogP contribution < -0.4 is 5.32 Å². The molecule has 29 heavy (non-hydrogen) atoms. The van der Waals surface area contributed by atoms with Gasteiger partial charge in [-0.3, -0.25) is 4.57 Å². The summed E-state index contributed by atoms with van der Waals surface area (Å²) < 4.78 is 1.78. The van der Waals surface area contributed by atoms with Gasteiger partial charge in [0.05, 0.1) is 18.5 Å². The van der Waals surface area contributed by atoms with Crippen molar-refractivity contribution in [3.8, 4) is 0 Å². The van der Waals surface area contributed by atoms with Gasteiger partial charge in [-0.1, -0.05) is 30.7 Å². The highest BCUT2D eigenvalue weighted by Gasteiger charge is 2.36.